The summed E-state index contributed by atoms with van der Waals surface area (Å²) in [4.78, 5) is 11.8. The zero-order valence-corrected chi connectivity index (χ0v) is 10.2. The molecule has 0 radical (unpaired) electrons. The lowest BCUT2D eigenvalue weighted by molar-refractivity contribution is -0.155. The Kier molecular flexibility index (Phi) is 6.00. The molecule has 0 rings (SSSR count). The minimum atomic E-state index is -0.952. The predicted octanol–water partition coefficient (Wildman–Crippen LogP) is 2.91. The summed E-state index contributed by atoms with van der Waals surface area (Å²) in [7, 11) is 0. The first kappa shape index (κ1) is 14.0. The summed E-state index contributed by atoms with van der Waals surface area (Å²) in [6.07, 6.45) is 2.37. The van der Waals surface area contributed by atoms with Gasteiger partial charge in [-0.3, -0.25) is 4.79 Å². The number of esters is 1. The first-order valence-electron chi connectivity index (χ1n) is 5.67. The second-order valence-corrected chi connectivity index (χ2v) is 3.85. The molecule has 0 aliphatic rings. The summed E-state index contributed by atoms with van der Waals surface area (Å²) in [6.45, 7) is 7.97. The zero-order valence-electron chi connectivity index (χ0n) is 10.2. The van der Waals surface area contributed by atoms with E-state index in [1.54, 1.807) is 6.92 Å². The topological polar surface area (TPSA) is 50.1 Å². The second kappa shape index (κ2) is 6.44. The van der Waals surface area contributed by atoms with Gasteiger partial charge in [-0.2, -0.15) is 5.26 Å². The van der Waals surface area contributed by atoms with Gasteiger partial charge in [0.25, 0.3) is 0 Å². The van der Waals surface area contributed by atoms with Crippen LogP contribution in [-0.2, 0) is 9.53 Å². The molecule has 0 saturated carbocycles. The van der Waals surface area contributed by atoms with Crippen molar-refractivity contribution in [3.8, 4) is 6.07 Å². The van der Waals surface area contributed by atoms with Crippen molar-refractivity contribution < 1.29 is 9.53 Å². The lowest BCUT2D eigenvalue weighted by atomic mass is 9.73. The fraction of sp³-hybridized carbons (Fsp3) is 0.833. The summed E-state index contributed by atoms with van der Waals surface area (Å²) in [6, 6.07) is 2.16. The van der Waals surface area contributed by atoms with E-state index in [2.05, 4.69) is 13.0 Å². The largest absolute Gasteiger partial charge is 0.465 e. The number of ether oxygens (including phenoxy) is 1. The Morgan fingerprint density at radius 1 is 1.47 bits per heavy atom. The Bertz CT molecular complexity index is 244. The van der Waals surface area contributed by atoms with Crippen molar-refractivity contribution in [1.29, 1.82) is 5.26 Å². The zero-order chi connectivity index (χ0) is 11.9. The van der Waals surface area contributed by atoms with Crippen LogP contribution in [-0.4, -0.2) is 12.6 Å². The predicted molar refractivity (Wildman–Crippen MR) is 59.0 cm³/mol. The SMILES string of the molecule is CCC[C@H](C)[C@](C#N)(CC)C(=O)OCC. The summed E-state index contributed by atoms with van der Waals surface area (Å²) in [5.74, 6) is -0.313. The lowest BCUT2D eigenvalue weighted by Crippen LogP contribution is -2.37. The molecule has 3 nitrogen and oxygen atoms in total. The number of hydrogen-bond donors (Lipinski definition) is 0. The van der Waals surface area contributed by atoms with E-state index in [0.717, 1.165) is 12.8 Å². The van der Waals surface area contributed by atoms with Crippen LogP contribution in [0.5, 0.6) is 0 Å². The van der Waals surface area contributed by atoms with E-state index >= 15 is 0 Å². The monoisotopic (exact) mass is 211 g/mol. The van der Waals surface area contributed by atoms with Crippen molar-refractivity contribution in [2.45, 2.75) is 47.0 Å². The van der Waals surface area contributed by atoms with Crippen LogP contribution in [0.1, 0.15) is 47.0 Å². The number of carbonyl (C=O) groups excluding carboxylic acids is 1. The molecular formula is C12H21NO2. The molecule has 0 fully saturated rings. The summed E-state index contributed by atoms with van der Waals surface area (Å²) >= 11 is 0. The average molecular weight is 211 g/mol. The molecule has 0 N–H and O–H groups in total. The van der Waals surface area contributed by atoms with E-state index in [1.807, 2.05) is 13.8 Å². The van der Waals surface area contributed by atoms with Crippen molar-refractivity contribution in [2.24, 2.45) is 11.3 Å². The maximum absolute atomic E-state index is 11.8. The van der Waals surface area contributed by atoms with Crippen LogP contribution >= 0.6 is 0 Å². The minimum absolute atomic E-state index is 0.0524. The van der Waals surface area contributed by atoms with Crippen LogP contribution < -0.4 is 0 Å². The first-order valence-corrected chi connectivity index (χ1v) is 5.67. The van der Waals surface area contributed by atoms with E-state index in [9.17, 15) is 10.1 Å². The molecule has 0 unspecified atom stereocenters. The van der Waals surface area contributed by atoms with E-state index < -0.39 is 5.41 Å². The Hall–Kier alpha value is -1.04. The highest BCUT2D eigenvalue weighted by Gasteiger charge is 2.43. The average Bonchev–Trinajstić information content (AvgIpc) is 2.21. The number of hydrogen-bond acceptors (Lipinski definition) is 3. The molecule has 0 bridgehead atoms. The van der Waals surface area contributed by atoms with Crippen LogP contribution in [0.25, 0.3) is 0 Å². The summed E-state index contributed by atoms with van der Waals surface area (Å²) in [5.41, 5.74) is -0.952. The van der Waals surface area contributed by atoms with Gasteiger partial charge in [-0.05, 0) is 25.7 Å². The van der Waals surface area contributed by atoms with Crippen LogP contribution in [0.4, 0.5) is 0 Å². The molecule has 0 aliphatic carbocycles. The van der Waals surface area contributed by atoms with Gasteiger partial charge in [-0.15, -0.1) is 0 Å². The normalized spacial score (nSPS) is 16.2. The van der Waals surface area contributed by atoms with Crippen molar-refractivity contribution in [3.05, 3.63) is 0 Å². The molecule has 0 saturated heterocycles. The molecule has 3 heteroatoms. The van der Waals surface area contributed by atoms with Crippen molar-refractivity contribution >= 4 is 5.97 Å². The Balaban J connectivity index is 4.88. The third-order valence-electron chi connectivity index (χ3n) is 2.96. The highest BCUT2D eigenvalue weighted by atomic mass is 16.5. The Labute approximate surface area is 92.4 Å². The fourth-order valence-electron chi connectivity index (χ4n) is 1.87. The Morgan fingerprint density at radius 3 is 2.40 bits per heavy atom. The summed E-state index contributed by atoms with van der Waals surface area (Å²) < 4.78 is 5.00. The number of rotatable bonds is 6. The highest BCUT2D eigenvalue weighted by molar-refractivity contribution is 5.80. The van der Waals surface area contributed by atoms with Gasteiger partial charge < -0.3 is 4.74 Å². The highest BCUT2D eigenvalue weighted by Crippen LogP contribution is 2.35. The molecule has 0 spiro atoms. The van der Waals surface area contributed by atoms with Crippen LogP contribution in [0.2, 0.25) is 0 Å². The minimum Gasteiger partial charge on any atom is -0.465 e. The summed E-state index contributed by atoms with van der Waals surface area (Å²) in [5, 5.41) is 9.22. The molecule has 86 valence electrons. The van der Waals surface area contributed by atoms with Crippen LogP contribution in [0.3, 0.4) is 0 Å². The fourth-order valence-corrected chi connectivity index (χ4v) is 1.87. The number of carbonyl (C=O) groups is 1. The quantitative estimate of drug-likeness (QED) is 0.635. The number of nitrogens with zero attached hydrogens (tertiary/aromatic N) is 1. The van der Waals surface area contributed by atoms with Gasteiger partial charge in [0.15, 0.2) is 5.41 Å². The van der Waals surface area contributed by atoms with Gasteiger partial charge in [0, 0.05) is 0 Å². The molecule has 0 aliphatic heterocycles. The molecule has 15 heavy (non-hydrogen) atoms. The van der Waals surface area contributed by atoms with Crippen LogP contribution in [0.15, 0.2) is 0 Å². The van der Waals surface area contributed by atoms with Crippen molar-refractivity contribution in [2.75, 3.05) is 6.61 Å². The van der Waals surface area contributed by atoms with Gasteiger partial charge in [0.2, 0.25) is 0 Å². The third-order valence-corrected chi connectivity index (χ3v) is 2.96. The van der Waals surface area contributed by atoms with Crippen molar-refractivity contribution in [3.63, 3.8) is 0 Å². The molecule has 0 aromatic rings. The lowest BCUT2D eigenvalue weighted by Gasteiger charge is -2.29. The smallest absolute Gasteiger partial charge is 0.326 e. The van der Waals surface area contributed by atoms with Gasteiger partial charge in [-0.1, -0.05) is 27.2 Å². The van der Waals surface area contributed by atoms with Crippen LogP contribution in [0, 0.1) is 22.7 Å². The molecule has 2 atom stereocenters. The molecule has 0 aromatic carbocycles. The second-order valence-electron chi connectivity index (χ2n) is 3.85. The first-order chi connectivity index (χ1) is 7.08. The van der Waals surface area contributed by atoms with Gasteiger partial charge in [0.1, 0.15) is 0 Å². The van der Waals surface area contributed by atoms with Gasteiger partial charge >= 0.3 is 5.97 Å². The molecule has 0 aromatic heterocycles. The maximum Gasteiger partial charge on any atom is 0.326 e. The Morgan fingerprint density at radius 2 is 2.07 bits per heavy atom. The number of nitriles is 1. The maximum atomic E-state index is 11.8. The molecular weight excluding hydrogens is 190 g/mol. The standard InChI is InChI=1S/C12H21NO2/c1-5-8-10(4)12(6-2,9-13)11(14)15-7-3/h10H,5-8H2,1-4H3/t10-,12+/m0/s1. The van der Waals surface area contributed by atoms with E-state index in [0.29, 0.717) is 13.0 Å². The van der Waals surface area contributed by atoms with Gasteiger partial charge in [0.05, 0.1) is 12.7 Å². The third kappa shape index (κ3) is 2.95. The van der Waals surface area contributed by atoms with E-state index in [1.165, 1.54) is 0 Å². The van der Waals surface area contributed by atoms with Gasteiger partial charge in [-0.25, -0.2) is 0 Å². The van der Waals surface area contributed by atoms with Crippen molar-refractivity contribution in [1.82, 2.24) is 0 Å². The molecule has 0 amide bonds. The van der Waals surface area contributed by atoms with E-state index in [4.69, 9.17) is 4.74 Å². The molecule has 0 heterocycles. The van der Waals surface area contributed by atoms with E-state index in [-0.39, 0.29) is 11.9 Å².